The van der Waals surface area contributed by atoms with E-state index >= 15 is 0 Å². The molecule has 0 aromatic heterocycles. The van der Waals surface area contributed by atoms with Gasteiger partial charge >= 0.3 is 0 Å². The van der Waals surface area contributed by atoms with Crippen LogP contribution in [0.2, 0.25) is 0 Å². The summed E-state index contributed by atoms with van der Waals surface area (Å²) in [4.78, 5) is 0. The molecule has 0 unspecified atom stereocenters. The Labute approximate surface area is 84.3 Å². The Bertz CT molecular complexity index is 310. The highest BCUT2D eigenvalue weighted by Gasteiger charge is 2.08. The van der Waals surface area contributed by atoms with E-state index in [-0.39, 0.29) is 17.5 Å². The summed E-state index contributed by atoms with van der Waals surface area (Å²) in [6, 6.07) is 5.45. The van der Waals surface area contributed by atoms with Gasteiger partial charge in [-0.05, 0) is 24.6 Å². The van der Waals surface area contributed by atoms with Crippen LogP contribution in [-0.2, 0) is 0 Å². The molecule has 3 N–H and O–H groups in total. The van der Waals surface area contributed by atoms with Crippen LogP contribution in [0.4, 0.5) is 10.1 Å². The molecule has 0 bridgehead atoms. The summed E-state index contributed by atoms with van der Waals surface area (Å²) in [5.41, 5.74) is 6.52. The Kier molecular flexibility index (Phi) is 3.47. The zero-order valence-electron chi connectivity index (χ0n) is 8.84. The highest BCUT2D eigenvalue weighted by molar-refractivity contribution is 5.41. The third-order valence-electron chi connectivity index (χ3n) is 2.11. The van der Waals surface area contributed by atoms with Crippen molar-refractivity contribution >= 4 is 5.69 Å². The second-order valence-corrected chi connectivity index (χ2v) is 3.82. The van der Waals surface area contributed by atoms with Gasteiger partial charge in [-0.1, -0.05) is 19.9 Å². The number of rotatable bonds is 3. The first kappa shape index (κ1) is 11.0. The summed E-state index contributed by atoms with van der Waals surface area (Å²) >= 11 is 0. The van der Waals surface area contributed by atoms with Crippen LogP contribution in [0.25, 0.3) is 0 Å². The molecule has 0 fully saturated rings. The van der Waals surface area contributed by atoms with Crippen LogP contribution >= 0.6 is 0 Å². The van der Waals surface area contributed by atoms with E-state index in [1.807, 2.05) is 13.0 Å². The summed E-state index contributed by atoms with van der Waals surface area (Å²) in [5.74, 6) is -0.347. The lowest BCUT2D eigenvalue weighted by molar-refractivity contribution is 0.503. The van der Waals surface area contributed by atoms with Crippen LogP contribution in [0.5, 0.6) is 0 Å². The molecular weight excluding hydrogens is 179 g/mol. The molecule has 0 saturated heterocycles. The Balaban J connectivity index is 2.80. The molecule has 0 saturated carbocycles. The van der Waals surface area contributed by atoms with Crippen LogP contribution in [-0.4, -0.2) is 6.04 Å². The predicted octanol–water partition coefficient (Wildman–Crippen LogP) is 2.47. The van der Waals surface area contributed by atoms with Gasteiger partial charge in [-0.15, -0.1) is 0 Å². The number of anilines is 1. The molecule has 0 radical (unpaired) electrons. The Morgan fingerprint density at radius 2 is 1.93 bits per heavy atom. The molecule has 3 heteroatoms. The number of halogens is 1. The fourth-order valence-corrected chi connectivity index (χ4v) is 1.41. The maximum absolute atomic E-state index is 13.1. The van der Waals surface area contributed by atoms with Crippen molar-refractivity contribution in [1.82, 2.24) is 5.32 Å². The van der Waals surface area contributed by atoms with Gasteiger partial charge in [0.15, 0.2) is 0 Å². The molecule has 1 aromatic rings. The first-order valence-corrected chi connectivity index (χ1v) is 4.81. The molecule has 1 atom stereocenters. The van der Waals surface area contributed by atoms with Gasteiger partial charge in [-0.3, -0.25) is 0 Å². The lowest BCUT2D eigenvalue weighted by Crippen LogP contribution is -2.26. The van der Waals surface area contributed by atoms with Gasteiger partial charge in [-0.2, -0.15) is 0 Å². The summed E-state index contributed by atoms with van der Waals surface area (Å²) < 4.78 is 13.1. The van der Waals surface area contributed by atoms with Gasteiger partial charge in [0.2, 0.25) is 0 Å². The molecule has 0 spiro atoms. The standard InChI is InChI=1S/C11H17FN2/c1-7(2)14-8(3)9-4-5-11(13)10(12)6-9/h4-8,14H,13H2,1-3H3/t8-/m0/s1. The normalized spacial score (nSPS) is 13.2. The van der Waals surface area contributed by atoms with Crippen molar-refractivity contribution in [3.63, 3.8) is 0 Å². The number of hydrogen-bond donors (Lipinski definition) is 2. The average Bonchev–Trinajstić information content (AvgIpc) is 2.08. The van der Waals surface area contributed by atoms with Crippen molar-refractivity contribution in [3.05, 3.63) is 29.6 Å². The minimum atomic E-state index is -0.347. The monoisotopic (exact) mass is 196 g/mol. The zero-order valence-corrected chi connectivity index (χ0v) is 8.84. The van der Waals surface area contributed by atoms with Crippen molar-refractivity contribution in [1.29, 1.82) is 0 Å². The van der Waals surface area contributed by atoms with Crippen LogP contribution in [0.15, 0.2) is 18.2 Å². The number of nitrogen functional groups attached to an aromatic ring is 1. The highest BCUT2D eigenvalue weighted by Crippen LogP contribution is 2.18. The molecule has 1 rings (SSSR count). The number of nitrogens with two attached hydrogens (primary N) is 1. The Hall–Kier alpha value is -1.09. The van der Waals surface area contributed by atoms with E-state index in [1.54, 1.807) is 6.07 Å². The predicted molar refractivity (Wildman–Crippen MR) is 57.5 cm³/mol. The van der Waals surface area contributed by atoms with E-state index in [0.29, 0.717) is 6.04 Å². The summed E-state index contributed by atoms with van der Waals surface area (Å²) in [6.45, 7) is 6.12. The molecule has 2 nitrogen and oxygen atoms in total. The first-order valence-electron chi connectivity index (χ1n) is 4.81. The van der Waals surface area contributed by atoms with Gasteiger partial charge in [0.25, 0.3) is 0 Å². The third-order valence-corrected chi connectivity index (χ3v) is 2.11. The lowest BCUT2D eigenvalue weighted by atomic mass is 10.1. The quantitative estimate of drug-likeness (QED) is 0.729. The summed E-state index contributed by atoms with van der Waals surface area (Å²) in [6.07, 6.45) is 0. The second-order valence-electron chi connectivity index (χ2n) is 3.82. The van der Waals surface area contributed by atoms with E-state index in [1.165, 1.54) is 6.07 Å². The fraction of sp³-hybridized carbons (Fsp3) is 0.455. The smallest absolute Gasteiger partial charge is 0.146 e. The maximum Gasteiger partial charge on any atom is 0.146 e. The molecule has 78 valence electrons. The number of benzene rings is 1. The third kappa shape index (κ3) is 2.70. The SMILES string of the molecule is CC(C)N[C@@H](C)c1ccc(N)c(F)c1. The van der Waals surface area contributed by atoms with Crippen molar-refractivity contribution in [2.45, 2.75) is 32.9 Å². The van der Waals surface area contributed by atoms with Gasteiger partial charge in [0, 0.05) is 12.1 Å². The molecular formula is C11H17FN2. The molecule has 1 aromatic carbocycles. The van der Waals surface area contributed by atoms with Gasteiger partial charge in [0.05, 0.1) is 5.69 Å². The van der Waals surface area contributed by atoms with E-state index < -0.39 is 0 Å². The van der Waals surface area contributed by atoms with Crippen LogP contribution in [0, 0.1) is 5.82 Å². The average molecular weight is 196 g/mol. The van der Waals surface area contributed by atoms with Crippen molar-refractivity contribution in [2.75, 3.05) is 5.73 Å². The van der Waals surface area contributed by atoms with Gasteiger partial charge in [0.1, 0.15) is 5.82 Å². The van der Waals surface area contributed by atoms with Gasteiger partial charge in [-0.25, -0.2) is 4.39 Å². The minimum absolute atomic E-state index is 0.144. The van der Waals surface area contributed by atoms with Crippen molar-refractivity contribution < 1.29 is 4.39 Å². The van der Waals surface area contributed by atoms with Crippen LogP contribution in [0.1, 0.15) is 32.4 Å². The van der Waals surface area contributed by atoms with E-state index in [0.717, 1.165) is 5.56 Å². The minimum Gasteiger partial charge on any atom is -0.396 e. The van der Waals surface area contributed by atoms with Gasteiger partial charge < -0.3 is 11.1 Å². The lowest BCUT2D eigenvalue weighted by Gasteiger charge is -2.17. The largest absolute Gasteiger partial charge is 0.396 e. The van der Waals surface area contributed by atoms with Crippen molar-refractivity contribution in [2.24, 2.45) is 0 Å². The number of nitrogens with one attached hydrogen (secondary N) is 1. The molecule has 0 amide bonds. The topological polar surface area (TPSA) is 38.0 Å². The van der Waals surface area contributed by atoms with Crippen LogP contribution in [0.3, 0.4) is 0 Å². The molecule has 0 aliphatic carbocycles. The summed E-state index contributed by atoms with van der Waals surface area (Å²) in [5, 5.41) is 3.30. The summed E-state index contributed by atoms with van der Waals surface area (Å²) in [7, 11) is 0. The van der Waals surface area contributed by atoms with E-state index in [2.05, 4.69) is 19.2 Å². The van der Waals surface area contributed by atoms with E-state index in [4.69, 9.17) is 5.73 Å². The number of hydrogen-bond acceptors (Lipinski definition) is 2. The molecule has 0 aliphatic heterocycles. The highest BCUT2D eigenvalue weighted by atomic mass is 19.1. The van der Waals surface area contributed by atoms with Crippen LogP contribution < -0.4 is 11.1 Å². The van der Waals surface area contributed by atoms with Crippen molar-refractivity contribution in [3.8, 4) is 0 Å². The zero-order chi connectivity index (χ0) is 10.7. The maximum atomic E-state index is 13.1. The Morgan fingerprint density at radius 1 is 1.29 bits per heavy atom. The fourth-order valence-electron chi connectivity index (χ4n) is 1.41. The second kappa shape index (κ2) is 4.42. The van der Waals surface area contributed by atoms with E-state index in [9.17, 15) is 4.39 Å². The first-order chi connectivity index (χ1) is 6.50. The molecule has 14 heavy (non-hydrogen) atoms. The molecule has 0 heterocycles. The molecule has 0 aliphatic rings. The Morgan fingerprint density at radius 3 is 2.43 bits per heavy atom.